The number of carboxylic acid groups (broad SMARTS) is 1. The van der Waals surface area contributed by atoms with Crippen LogP contribution in [-0.4, -0.2) is 22.2 Å². The standard InChI is InChI=1S/C12H15NO3/c1-8-6-7-10(11(13-8)12(14)15)16-9-4-2-3-5-9/h6-7,9H,2-5H2,1H3,(H,14,15). The summed E-state index contributed by atoms with van der Waals surface area (Å²) in [5, 5.41) is 9.02. The second-order valence-corrected chi connectivity index (χ2v) is 4.13. The molecule has 1 aliphatic rings. The van der Waals surface area contributed by atoms with E-state index >= 15 is 0 Å². The van der Waals surface area contributed by atoms with Crippen LogP contribution in [0, 0.1) is 6.92 Å². The highest BCUT2D eigenvalue weighted by molar-refractivity contribution is 5.88. The van der Waals surface area contributed by atoms with Crippen molar-refractivity contribution in [2.75, 3.05) is 0 Å². The van der Waals surface area contributed by atoms with Gasteiger partial charge in [-0.25, -0.2) is 9.78 Å². The summed E-state index contributed by atoms with van der Waals surface area (Å²) in [4.78, 5) is 15.0. The Hall–Kier alpha value is -1.58. The van der Waals surface area contributed by atoms with Crippen LogP contribution in [0.5, 0.6) is 5.75 Å². The molecule has 0 spiro atoms. The molecule has 0 saturated heterocycles. The molecule has 2 rings (SSSR count). The molecule has 0 atom stereocenters. The average molecular weight is 221 g/mol. The van der Waals surface area contributed by atoms with Crippen molar-refractivity contribution in [2.24, 2.45) is 0 Å². The minimum atomic E-state index is -1.03. The van der Waals surface area contributed by atoms with E-state index in [9.17, 15) is 4.79 Å². The number of hydrogen-bond acceptors (Lipinski definition) is 3. The third-order valence-electron chi connectivity index (χ3n) is 2.80. The average Bonchev–Trinajstić information content (AvgIpc) is 2.73. The molecule has 1 fully saturated rings. The number of aromatic nitrogens is 1. The maximum absolute atomic E-state index is 11.0. The predicted molar refractivity (Wildman–Crippen MR) is 58.8 cm³/mol. The van der Waals surface area contributed by atoms with Crippen LogP contribution in [-0.2, 0) is 0 Å². The number of aromatic carboxylic acids is 1. The van der Waals surface area contributed by atoms with E-state index in [1.54, 1.807) is 19.1 Å². The van der Waals surface area contributed by atoms with Gasteiger partial charge in [0.15, 0.2) is 11.4 Å². The van der Waals surface area contributed by atoms with E-state index < -0.39 is 5.97 Å². The lowest BCUT2D eigenvalue weighted by atomic mass is 10.2. The first-order valence-corrected chi connectivity index (χ1v) is 5.54. The second-order valence-electron chi connectivity index (χ2n) is 4.13. The molecule has 1 aromatic heterocycles. The number of carbonyl (C=O) groups is 1. The van der Waals surface area contributed by atoms with Gasteiger partial charge >= 0.3 is 5.97 Å². The lowest BCUT2D eigenvalue weighted by molar-refractivity contribution is 0.0681. The summed E-state index contributed by atoms with van der Waals surface area (Å²) >= 11 is 0. The third-order valence-corrected chi connectivity index (χ3v) is 2.80. The lowest BCUT2D eigenvalue weighted by Crippen LogP contribution is -2.14. The van der Waals surface area contributed by atoms with Gasteiger partial charge in [0.05, 0.1) is 6.10 Å². The number of carboxylic acids is 1. The largest absolute Gasteiger partial charge is 0.488 e. The van der Waals surface area contributed by atoms with E-state index in [1.807, 2.05) is 0 Å². The van der Waals surface area contributed by atoms with Crippen LogP contribution in [0.3, 0.4) is 0 Å². The fraction of sp³-hybridized carbons (Fsp3) is 0.500. The Bertz CT molecular complexity index is 397. The van der Waals surface area contributed by atoms with Crippen LogP contribution in [0.15, 0.2) is 12.1 Å². The van der Waals surface area contributed by atoms with Gasteiger partial charge in [0.1, 0.15) is 0 Å². The summed E-state index contributed by atoms with van der Waals surface area (Å²) in [6, 6.07) is 3.47. The first-order valence-electron chi connectivity index (χ1n) is 5.54. The van der Waals surface area contributed by atoms with Crippen molar-refractivity contribution in [2.45, 2.75) is 38.7 Å². The fourth-order valence-corrected chi connectivity index (χ4v) is 1.98. The summed E-state index contributed by atoms with van der Waals surface area (Å²) in [5.41, 5.74) is 0.711. The first-order chi connectivity index (χ1) is 7.66. The van der Waals surface area contributed by atoms with Crippen LogP contribution < -0.4 is 4.74 Å². The summed E-state index contributed by atoms with van der Waals surface area (Å²) in [7, 11) is 0. The number of nitrogens with zero attached hydrogens (tertiary/aromatic N) is 1. The molecular formula is C12H15NO3. The minimum absolute atomic E-state index is 0.0203. The molecule has 1 aliphatic carbocycles. The molecule has 0 aromatic carbocycles. The molecule has 86 valence electrons. The van der Waals surface area contributed by atoms with E-state index in [0.29, 0.717) is 11.4 Å². The molecule has 1 saturated carbocycles. The molecule has 0 amide bonds. The van der Waals surface area contributed by atoms with E-state index in [0.717, 1.165) is 25.7 Å². The molecule has 4 nitrogen and oxygen atoms in total. The predicted octanol–water partition coefficient (Wildman–Crippen LogP) is 2.41. The van der Waals surface area contributed by atoms with Gasteiger partial charge in [-0.15, -0.1) is 0 Å². The molecule has 1 aromatic rings. The number of ether oxygens (including phenoxy) is 1. The molecule has 1 heterocycles. The summed E-state index contributed by atoms with van der Waals surface area (Å²) < 4.78 is 5.68. The monoisotopic (exact) mass is 221 g/mol. The Morgan fingerprint density at radius 1 is 1.44 bits per heavy atom. The van der Waals surface area contributed by atoms with E-state index in [1.165, 1.54) is 0 Å². The van der Waals surface area contributed by atoms with Gasteiger partial charge in [-0.05, 0) is 44.7 Å². The zero-order valence-corrected chi connectivity index (χ0v) is 9.27. The smallest absolute Gasteiger partial charge is 0.358 e. The lowest BCUT2D eigenvalue weighted by Gasteiger charge is -2.14. The van der Waals surface area contributed by atoms with E-state index in [4.69, 9.17) is 9.84 Å². The molecule has 0 unspecified atom stereocenters. The van der Waals surface area contributed by atoms with Gasteiger partial charge in [0.2, 0.25) is 0 Å². The molecule has 1 N–H and O–H groups in total. The Morgan fingerprint density at radius 2 is 2.12 bits per heavy atom. The molecule has 0 aliphatic heterocycles. The zero-order chi connectivity index (χ0) is 11.5. The van der Waals surface area contributed by atoms with Gasteiger partial charge in [-0.2, -0.15) is 0 Å². The summed E-state index contributed by atoms with van der Waals surface area (Å²) in [6.45, 7) is 1.77. The van der Waals surface area contributed by atoms with Crippen LogP contribution in [0.25, 0.3) is 0 Å². The maximum Gasteiger partial charge on any atom is 0.358 e. The Kier molecular flexibility index (Phi) is 3.08. The topological polar surface area (TPSA) is 59.4 Å². The zero-order valence-electron chi connectivity index (χ0n) is 9.27. The van der Waals surface area contributed by atoms with Crippen LogP contribution in [0.2, 0.25) is 0 Å². The van der Waals surface area contributed by atoms with Gasteiger partial charge in [-0.3, -0.25) is 0 Å². The molecule has 16 heavy (non-hydrogen) atoms. The third kappa shape index (κ3) is 2.32. The minimum Gasteiger partial charge on any atom is -0.488 e. The van der Waals surface area contributed by atoms with Gasteiger partial charge < -0.3 is 9.84 Å². The number of hydrogen-bond donors (Lipinski definition) is 1. The van der Waals surface area contributed by atoms with Crippen LogP contribution >= 0.6 is 0 Å². The van der Waals surface area contributed by atoms with Crippen molar-refractivity contribution < 1.29 is 14.6 Å². The Morgan fingerprint density at radius 3 is 2.75 bits per heavy atom. The van der Waals surface area contributed by atoms with Crippen molar-refractivity contribution >= 4 is 5.97 Å². The fourth-order valence-electron chi connectivity index (χ4n) is 1.98. The molecule has 0 radical (unpaired) electrons. The SMILES string of the molecule is Cc1ccc(OC2CCCC2)c(C(=O)O)n1. The van der Waals surface area contributed by atoms with Gasteiger partial charge in [-0.1, -0.05) is 0 Å². The van der Waals surface area contributed by atoms with Crippen LogP contribution in [0.1, 0.15) is 41.9 Å². The second kappa shape index (κ2) is 4.51. The van der Waals surface area contributed by atoms with E-state index in [-0.39, 0.29) is 11.8 Å². The van der Waals surface area contributed by atoms with Gasteiger partial charge in [0, 0.05) is 5.69 Å². The molecule has 0 bridgehead atoms. The highest BCUT2D eigenvalue weighted by Crippen LogP contribution is 2.26. The van der Waals surface area contributed by atoms with Crippen molar-refractivity contribution in [3.8, 4) is 5.75 Å². The first kappa shape index (κ1) is 10.9. The van der Waals surface area contributed by atoms with Crippen LogP contribution in [0.4, 0.5) is 0 Å². The molecule has 4 heteroatoms. The normalized spacial score (nSPS) is 16.3. The van der Waals surface area contributed by atoms with Gasteiger partial charge in [0.25, 0.3) is 0 Å². The highest BCUT2D eigenvalue weighted by Gasteiger charge is 2.20. The Labute approximate surface area is 94.3 Å². The maximum atomic E-state index is 11.0. The van der Waals surface area contributed by atoms with E-state index in [2.05, 4.69) is 4.98 Å². The number of pyridine rings is 1. The highest BCUT2D eigenvalue weighted by atomic mass is 16.5. The summed E-state index contributed by atoms with van der Waals surface area (Å²) in [5.74, 6) is -0.637. The number of aryl methyl sites for hydroxylation is 1. The molecular weight excluding hydrogens is 206 g/mol. The Balaban J connectivity index is 2.21. The quantitative estimate of drug-likeness (QED) is 0.851. The number of rotatable bonds is 3. The van der Waals surface area contributed by atoms with Crippen molar-refractivity contribution in [3.63, 3.8) is 0 Å². The summed E-state index contributed by atoms with van der Waals surface area (Å²) in [6.07, 6.45) is 4.49. The van der Waals surface area contributed by atoms with Crippen molar-refractivity contribution in [3.05, 3.63) is 23.5 Å². The van der Waals surface area contributed by atoms with Crippen molar-refractivity contribution in [1.29, 1.82) is 0 Å². The van der Waals surface area contributed by atoms with Crippen molar-refractivity contribution in [1.82, 2.24) is 4.98 Å².